The monoisotopic (exact) mass is 435 g/mol. The molecule has 0 aromatic heterocycles. The minimum atomic E-state index is -2.98. The number of amidine groups is 1. The van der Waals surface area contributed by atoms with Crippen LogP contribution in [0.4, 0.5) is 11.4 Å². The molecule has 0 aliphatic carbocycles. The summed E-state index contributed by atoms with van der Waals surface area (Å²) in [6.45, 7) is 1.94. The minimum Gasteiger partial charge on any atom is -0.335 e. The molecule has 1 fully saturated rings. The maximum atomic E-state index is 12.6. The van der Waals surface area contributed by atoms with E-state index in [0.717, 1.165) is 11.3 Å². The Hall–Kier alpha value is -2.03. The number of carbonyl (C=O) groups excluding carboxylic acids is 1. The van der Waals surface area contributed by atoms with Gasteiger partial charge in [0.15, 0.2) is 15.0 Å². The molecule has 2 N–H and O–H groups in total. The van der Waals surface area contributed by atoms with Gasteiger partial charge in [0.25, 0.3) is 5.91 Å². The second-order valence-electron chi connectivity index (χ2n) is 6.85. The number of benzene rings is 2. The van der Waals surface area contributed by atoms with Gasteiger partial charge in [-0.2, -0.15) is 0 Å². The van der Waals surface area contributed by atoms with Crippen LogP contribution in [0.3, 0.4) is 0 Å². The van der Waals surface area contributed by atoms with Crippen LogP contribution in [0.5, 0.6) is 0 Å². The highest BCUT2D eigenvalue weighted by Gasteiger charge is 2.42. The van der Waals surface area contributed by atoms with Gasteiger partial charge in [-0.15, -0.1) is 0 Å². The number of aliphatic imine (C=N–C) groups is 1. The Labute approximate surface area is 172 Å². The zero-order chi connectivity index (χ0) is 19.9. The lowest BCUT2D eigenvalue weighted by Crippen LogP contribution is -2.14. The van der Waals surface area contributed by atoms with E-state index in [-0.39, 0.29) is 28.7 Å². The molecule has 2 aliphatic heterocycles. The first-order valence-electron chi connectivity index (χ1n) is 8.68. The van der Waals surface area contributed by atoms with E-state index < -0.39 is 9.84 Å². The maximum Gasteiger partial charge on any atom is 0.255 e. The summed E-state index contributed by atoms with van der Waals surface area (Å²) in [5.74, 6) is 0.0482. The SMILES string of the molecule is Cc1ccc(C(=O)Nc2ccc(Cl)cc2)cc1NC1=N[C@H]2CS(=O)(=O)C[C@@H]2S1. The fraction of sp³-hybridized carbons (Fsp3) is 0.263. The zero-order valence-electron chi connectivity index (χ0n) is 15.0. The average Bonchev–Trinajstić information content (AvgIpc) is 3.11. The topological polar surface area (TPSA) is 87.6 Å². The van der Waals surface area contributed by atoms with Crippen molar-refractivity contribution in [2.45, 2.75) is 18.2 Å². The summed E-state index contributed by atoms with van der Waals surface area (Å²) < 4.78 is 23.4. The summed E-state index contributed by atoms with van der Waals surface area (Å²) in [5, 5.41) is 7.37. The first-order chi connectivity index (χ1) is 13.3. The molecule has 2 aromatic carbocycles. The molecule has 1 saturated heterocycles. The normalized spacial score (nSPS) is 22.4. The van der Waals surface area contributed by atoms with E-state index in [1.807, 2.05) is 13.0 Å². The Balaban J connectivity index is 1.48. The largest absolute Gasteiger partial charge is 0.335 e. The molecule has 0 unspecified atom stereocenters. The lowest BCUT2D eigenvalue weighted by molar-refractivity contribution is 0.102. The third kappa shape index (κ3) is 4.19. The lowest BCUT2D eigenvalue weighted by atomic mass is 10.1. The van der Waals surface area contributed by atoms with Gasteiger partial charge in [-0.3, -0.25) is 9.79 Å². The van der Waals surface area contributed by atoms with Crippen molar-refractivity contribution in [2.24, 2.45) is 4.99 Å². The molecule has 9 heteroatoms. The van der Waals surface area contributed by atoms with Crippen molar-refractivity contribution in [1.29, 1.82) is 0 Å². The van der Waals surface area contributed by atoms with E-state index in [2.05, 4.69) is 15.6 Å². The van der Waals surface area contributed by atoms with Crippen molar-refractivity contribution >= 4 is 55.6 Å². The summed E-state index contributed by atoms with van der Waals surface area (Å²) in [6, 6.07) is 12.1. The standard InChI is InChI=1S/C19H18ClN3O3S2/c1-11-2-3-12(18(24)21-14-6-4-13(20)5-7-14)8-15(11)22-19-23-16-9-28(25,26)10-17(16)27-19/h2-8,16-17H,9-10H2,1H3,(H,21,24)(H,22,23)/t16-,17-/m0/s1. The number of aryl methyl sites for hydroxylation is 1. The summed E-state index contributed by atoms with van der Waals surface area (Å²) in [5.41, 5.74) is 2.91. The number of hydrogen-bond acceptors (Lipinski definition) is 6. The Bertz CT molecular complexity index is 1070. The number of anilines is 2. The van der Waals surface area contributed by atoms with Crippen LogP contribution in [0.15, 0.2) is 47.5 Å². The van der Waals surface area contributed by atoms with Gasteiger partial charge >= 0.3 is 0 Å². The van der Waals surface area contributed by atoms with E-state index in [0.29, 0.717) is 21.4 Å². The zero-order valence-corrected chi connectivity index (χ0v) is 17.4. The third-order valence-electron chi connectivity index (χ3n) is 4.66. The second-order valence-corrected chi connectivity index (χ2v) is 10.7. The molecular weight excluding hydrogens is 418 g/mol. The molecule has 0 bridgehead atoms. The fourth-order valence-electron chi connectivity index (χ4n) is 3.17. The Kier molecular flexibility index (Phi) is 5.11. The molecule has 0 radical (unpaired) electrons. The smallest absolute Gasteiger partial charge is 0.255 e. The Morgan fingerprint density at radius 2 is 1.93 bits per heavy atom. The molecule has 2 atom stereocenters. The highest BCUT2D eigenvalue weighted by Crippen LogP contribution is 2.35. The molecule has 1 amide bonds. The quantitative estimate of drug-likeness (QED) is 0.769. The number of hydrogen-bond donors (Lipinski definition) is 2. The Morgan fingerprint density at radius 1 is 1.18 bits per heavy atom. The van der Waals surface area contributed by atoms with E-state index in [1.165, 1.54) is 11.8 Å². The van der Waals surface area contributed by atoms with Gasteiger partial charge in [0, 0.05) is 27.2 Å². The molecule has 6 nitrogen and oxygen atoms in total. The van der Waals surface area contributed by atoms with Crippen LogP contribution in [0, 0.1) is 6.92 Å². The van der Waals surface area contributed by atoms with Crippen molar-refractivity contribution in [3.05, 3.63) is 58.6 Å². The highest BCUT2D eigenvalue weighted by atomic mass is 35.5. The van der Waals surface area contributed by atoms with Gasteiger partial charge < -0.3 is 10.6 Å². The van der Waals surface area contributed by atoms with Crippen molar-refractivity contribution in [2.75, 3.05) is 22.1 Å². The fourth-order valence-corrected chi connectivity index (χ4v) is 6.96. The number of amides is 1. The minimum absolute atomic E-state index is 0.0239. The van der Waals surface area contributed by atoms with Gasteiger partial charge in [0.2, 0.25) is 0 Å². The summed E-state index contributed by atoms with van der Waals surface area (Å²) in [7, 11) is -2.98. The van der Waals surface area contributed by atoms with Crippen LogP contribution >= 0.6 is 23.4 Å². The van der Waals surface area contributed by atoms with Gasteiger partial charge in [0.05, 0.1) is 17.5 Å². The number of sulfone groups is 1. The average molecular weight is 436 g/mol. The maximum absolute atomic E-state index is 12.6. The summed E-state index contributed by atoms with van der Waals surface area (Å²) in [6.07, 6.45) is 0. The molecular formula is C19H18ClN3O3S2. The van der Waals surface area contributed by atoms with Crippen LogP contribution < -0.4 is 10.6 Å². The lowest BCUT2D eigenvalue weighted by Gasteiger charge is -2.12. The van der Waals surface area contributed by atoms with E-state index in [9.17, 15) is 13.2 Å². The van der Waals surface area contributed by atoms with E-state index >= 15 is 0 Å². The number of thioether (sulfide) groups is 1. The molecule has 0 spiro atoms. The van der Waals surface area contributed by atoms with Crippen molar-refractivity contribution in [1.82, 2.24) is 0 Å². The first-order valence-corrected chi connectivity index (χ1v) is 11.8. The van der Waals surface area contributed by atoms with Crippen LogP contribution in [-0.4, -0.2) is 42.3 Å². The highest BCUT2D eigenvalue weighted by molar-refractivity contribution is 8.15. The molecule has 2 aliphatic rings. The molecule has 0 saturated carbocycles. The van der Waals surface area contributed by atoms with Crippen LogP contribution in [-0.2, 0) is 9.84 Å². The van der Waals surface area contributed by atoms with E-state index in [4.69, 9.17) is 11.6 Å². The number of fused-ring (bicyclic) bond motifs is 1. The van der Waals surface area contributed by atoms with E-state index in [1.54, 1.807) is 36.4 Å². The number of nitrogens with one attached hydrogen (secondary N) is 2. The molecule has 2 aromatic rings. The summed E-state index contributed by atoms with van der Waals surface area (Å²) in [4.78, 5) is 17.1. The first kappa shape index (κ1) is 19.3. The van der Waals surface area contributed by atoms with Gasteiger partial charge in [-0.05, 0) is 48.9 Å². The molecule has 146 valence electrons. The van der Waals surface area contributed by atoms with Gasteiger partial charge in [-0.25, -0.2) is 8.42 Å². The summed E-state index contributed by atoms with van der Waals surface area (Å²) >= 11 is 7.32. The predicted octanol–water partition coefficient (Wildman–Crippen LogP) is 3.58. The predicted molar refractivity (Wildman–Crippen MR) is 115 cm³/mol. The number of nitrogens with zero attached hydrogens (tertiary/aromatic N) is 1. The van der Waals surface area contributed by atoms with Crippen molar-refractivity contribution in [3.8, 4) is 0 Å². The van der Waals surface area contributed by atoms with Crippen molar-refractivity contribution < 1.29 is 13.2 Å². The number of halogens is 1. The van der Waals surface area contributed by atoms with Gasteiger partial charge in [0.1, 0.15) is 0 Å². The van der Waals surface area contributed by atoms with Crippen LogP contribution in [0.25, 0.3) is 0 Å². The van der Waals surface area contributed by atoms with Crippen LogP contribution in [0.2, 0.25) is 5.02 Å². The number of rotatable bonds is 3. The van der Waals surface area contributed by atoms with Crippen molar-refractivity contribution in [3.63, 3.8) is 0 Å². The van der Waals surface area contributed by atoms with Crippen LogP contribution in [0.1, 0.15) is 15.9 Å². The van der Waals surface area contributed by atoms with Gasteiger partial charge in [-0.1, -0.05) is 29.4 Å². The molecule has 28 heavy (non-hydrogen) atoms. The Morgan fingerprint density at radius 3 is 2.64 bits per heavy atom. The third-order valence-corrected chi connectivity index (χ3v) is 8.06. The molecule has 2 heterocycles. The second kappa shape index (κ2) is 7.42. The molecule has 4 rings (SSSR count). The number of carbonyl (C=O) groups is 1.